The number of hydrogen-bond donors (Lipinski definition) is 2. The fourth-order valence-electron chi connectivity index (χ4n) is 2.29. The number of alkyl carbamates (subject to hydrolysis) is 1. The molecule has 0 unspecified atom stereocenters. The first-order valence-electron chi connectivity index (χ1n) is 7.93. The quantitative estimate of drug-likeness (QED) is 0.848. The average Bonchev–Trinajstić information content (AvgIpc) is 2.57. The van der Waals surface area contributed by atoms with Crippen molar-refractivity contribution in [3.05, 3.63) is 65.7 Å². The first-order chi connectivity index (χ1) is 11.6. The topological polar surface area (TPSA) is 67.4 Å². The Kier molecular flexibility index (Phi) is 6.37. The number of benzene rings is 2. The minimum Gasteiger partial charge on any atom is -0.450 e. The highest BCUT2D eigenvalue weighted by molar-refractivity contribution is 5.91. The summed E-state index contributed by atoms with van der Waals surface area (Å²) in [4.78, 5) is 24.1. The molecule has 0 fully saturated rings. The van der Waals surface area contributed by atoms with E-state index in [-0.39, 0.29) is 18.9 Å². The highest BCUT2D eigenvalue weighted by atomic mass is 16.5. The second-order valence-corrected chi connectivity index (χ2v) is 5.45. The zero-order valence-electron chi connectivity index (χ0n) is 13.9. The molecule has 24 heavy (non-hydrogen) atoms. The Morgan fingerprint density at radius 3 is 2.33 bits per heavy atom. The Bertz CT molecular complexity index is 669. The van der Waals surface area contributed by atoms with Gasteiger partial charge in [0.15, 0.2) is 0 Å². The van der Waals surface area contributed by atoms with E-state index < -0.39 is 12.1 Å². The number of anilines is 1. The van der Waals surface area contributed by atoms with Crippen LogP contribution in [0.25, 0.3) is 0 Å². The van der Waals surface area contributed by atoms with E-state index in [1.54, 1.807) is 6.92 Å². The molecular formula is C19H22N2O3. The first kappa shape index (κ1) is 17.5. The molecule has 0 radical (unpaired) electrons. The predicted octanol–water partition coefficient (Wildman–Crippen LogP) is 3.81. The van der Waals surface area contributed by atoms with Crippen molar-refractivity contribution >= 4 is 17.7 Å². The summed E-state index contributed by atoms with van der Waals surface area (Å²) in [5, 5.41) is 5.58. The van der Waals surface area contributed by atoms with Crippen LogP contribution in [-0.2, 0) is 9.53 Å². The molecule has 2 amide bonds. The maximum absolute atomic E-state index is 12.3. The van der Waals surface area contributed by atoms with E-state index in [1.165, 1.54) is 0 Å². The van der Waals surface area contributed by atoms with Gasteiger partial charge >= 0.3 is 6.09 Å². The normalized spacial score (nSPS) is 11.4. The highest BCUT2D eigenvalue weighted by Gasteiger charge is 2.19. The van der Waals surface area contributed by atoms with Gasteiger partial charge in [-0.15, -0.1) is 0 Å². The molecule has 0 aromatic heterocycles. The van der Waals surface area contributed by atoms with E-state index in [1.807, 2.05) is 61.5 Å². The fraction of sp³-hybridized carbons (Fsp3) is 0.263. The lowest BCUT2D eigenvalue weighted by Crippen LogP contribution is -2.32. The Hall–Kier alpha value is -2.82. The predicted molar refractivity (Wildman–Crippen MR) is 93.8 cm³/mol. The zero-order valence-corrected chi connectivity index (χ0v) is 13.9. The molecular weight excluding hydrogens is 304 g/mol. The summed E-state index contributed by atoms with van der Waals surface area (Å²) in [7, 11) is 0. The van der Waals surface area contributed by atoms with Crippen LogP contribution >= 0.6 is 0 Å². The Morgan fingerprint density at radius 2 is 1.71 bits per heavy atom. The van der Waals surface area contributed by atoms with Gasteiger partial charge in [-0.2, -0.15) is 0 Å². The molecule has 0 saturated carbocycles. The smallest absolute Gasteiger partial charge is 0.407 e. The van der Waals surface area contributed by atoms with Crippen LogP contribution in [0.2, 0.25) is 0 Å². The van der Waals surface area contributed by atoms with Crippen LogP contribution in [0.3, 0.4) is 0 Å². The SMILES string of the molecule is CCOC(=O)N[C@@H](CC(=O)Nc1ccc(C)cc1)c1ccccc1. The van der Waals surface area contributed by atoms with Crippen LogP contribution in [0.15, 0.2) is 54.6 Å². The molecule has 0 heterocycles. The summed E-state index contributed by atoms with van der Waals surface area (Å²) in [5.74, 6) is -0.176. The summed E-state index contributed by atoms with van der Waals surface area (Å²) in [5.41, 5.74) is 2.71. The fourth-order valence-corrected chi connectivity index (χ4v) is 2.29. The number of rotatable bonds is 6. The van der Waals surface area contributed by atoms with Gasteiger partial charge in [-0.1, -0.05) is 48.0 Å². The largest absolute Gasteiger partial charge is 0.450 e. The van der Waals surface area contributed by atoms with Gasteiger partial charge in [0.25, 0.3) is 0 Å². The number of carbonyl (C=O) groups excluding carboxylic acids is 2. The van der Waals surface area contributed by atoms with Crippen LogP contribution in [0.1, 0.15) is 30.5 Å². The van der Waals surface area contributed by atoms with Crippen molar-refractivity contribution < 1.29 is 14.3 Å². The van der Waals surface area contributed by atoms with Gasteiger partial charge in [0, 0.05) is 5.69 Å². The molecule has 2 rings (SSSR count). The van der Waals surface area contributed by atoms with Crippen LogP contribution in [-0.4, -0.2) is 18.6 Å². The lowest BCUT2D eigenvalue weighted by molar-refractivity contribution is -0.116. The minimum absolute atomic E-state index is 0.122. The molecule has 0 aliphatic carbocycles. The molecule has 2 aromatic carbocycles. The van der Waals surface area contributed by atoms with Crippen molar-refractivity contribution in [1.82, 2.24) is 5.32 Å². The van der Waals surface area contributed by atoms with E-state index in [0.29, 0.717) is 0 Å². The van der Waals surface area contributed by atoms with Gasteiger partial charge in [0.05, 0.1) is 19.1 Å². The maximum Gasteiger partial charge on any atom is 0.407 e. The van der Waals surface area contributed by atoms with Crippen molar-refractivity contribution in [2.45, 2.75) is 26.3 Å². The van der Waals surface area contributed by atoms with Crippen LogP contribution < -0.4 is 10.6 Å². The monoisotopic (exact) mass is 326 g/mol. The molecule has 5 heteroatoms. The third kappa shape index (κ3) is 5.43. The molecule has 5 nitrogen and oxygen atoms in total. The summed E-state index contributed by atoms with van der Waals surface area (Å²) in [6.07, 6.45) is -0.411. The van der Waals surface area contributed by atoms with E-state index in [2.05, 4.69) is 10.6 Å². The third-order valence-electron chi connectivity index (χ3n) is 3.49. The highest BCUT2D eigenvalue weighted by Crippen LogP contribution is 2.18. The van der Waals surface area contributed by atoms with Gasteiger partial charge in [-0.05, 0) is 31.5 Å². The summed E-state index contributed by atoms with van der Waals surface area (Å²) in [6.45, 7) is 4.00. The van der Waals surface area contributed by atoms with E-state index in [4.69, 9.17) is 4.74 Å². The molecule has 1 atom stereocenters. The summed E-state index contributed by atoms with van der Waals surface area (Å²) >= 11 is 0. The Labute approximate surface area is 142 Å². The number of amides is 2. The van der Waals surface area contributed by atoms with Crippen molar-refractivity contribution in [3.63, 3.8) is 0 Å². The van der Waals surface area contributed by atoms with Gasteiger partial charge in [0.1, 0.15) is 0 Å². The van der Waals surface area contributed by atoms with E-state index in [0.717, 1.165) is 16.8 Å². The van der Waals surface area contributed by atoms with Crippen molar-refractivity contribution in [1.29, 1.82) is 0 Å². The van der Waals surface area contributed by atoms with Crippen molar-refractivity contribution in [3.8, 4) is 0 Å². The first-order valence-corrected chi connectivity index (χ1v) is 7.93. The second kappa shape index (κ2) is 8.72. The molecule has 0 aliphatic rings. The van der Waals surface area contributed by atoms with Crippen LogP contribution in [0, 0.1) is 6.92 Å². The minimum atomic E-state index is -0.533. The molecule has 0 spiro atoms. The van der Waals surface area contributed by atoms with Crippen molar-refractivity contribution in [2.75, 3.05) is 11.9 Å². The lowest BCUT2D eigenvalue weighted by atomic mass is 10.0. The maximum atomic E-state index is 12.3. The van der Waals surface area contributed by atoms with Gasteiger partial charge in [-0.3, -0.25) is 4.79 Å². The Balaban J connectivity index is 2.05. The average molecular weight is 326 g/mol. The standard InChI is InChI=1S/C19H22N2O3/c1-3-24-19(23)21-17(15-7-5-4-6-8-15)13-18(22)20-16-11-9-14(2)10-12-16/h4-12,17H,3,13H2,1-2H3,(H,20,22)(H,21,23)/t17-/m0/s1. The van der Waals surface area contributed by atoms with Crippen LogP contribution in [0.4, 0.5) is 10.5 Å². The molecule has 2 N–H and O–H groups in total. The number of hydrogen-bond acceptors (Lipinski definition) is 3. The number of aryl methyl sites for hydroxylation is 1. The van der Waals surface area contributed by atoms with Crippen LogP contribution in [0.5, 0.6) is 0 Å². The molecule has 0 saturated heterocycles. The van der Waals surface area contributed by atoms with E-state index >= 15 is 0 Å². The second-order valence-electron chi connectivity index (χ2n) is 5.45. The van der Waals surface area contributed by atoms with E-state index in [9.17, 15) is 9.59 Å². The molecule has 2 aromatic rings. The molecule has 126 valence electrons. The van der Waals surface area contributed by atoms with Gasteiger partial charge in [-0.25, -0.2) is 4.79 Å². The lowest BCUT2D eigenvalue weighted by Gasteiger charge is -2.18. The summed E-state index contributed by atoms with van der Waals surface area (Å²) in [6, 6.07) is 16.5. The number of nitrogens with one attached hydrogen (secondary N) is 2. The van der Waals surface area contributed by atoms with Gasteiger partial charge < -0.3 is 15.4 Å². The summed E-state index contributed by atoms with van der Waals surface area (Å²) < 4.78 is 4.93. The van der Waals surface area contributed by atoms with Gasteiger partial charge in [0.2, 0.25) is 5.91 Å². The Morgan fingerprint density at radius 1 is 1.04 bits per heavy atom. The number of ether oxygens (including phenoxy) is 1. The molecule has 0 bridgehead atoms. The van der Waals surface area contributed by atoms with Crippen molar-refractivity contribution in [2.24, 2.45) is 0 Å². The zero-order chi connectivity index (χ0) is 17.4. The number of carbonyl (C=O) groups is 2. The molecule has 0 aliphatic heterocycles. The third-order valence-corrected chi connectivity index (χ3v) is 3.49.